The number of aromatic nitrogens is 4. The second-order valence-electron chi connectivity index (χ2n) is 6.96. The molecule has 1 fully saturated rings. The second-order valence-corrected chi connectivity index (χ2v) is 6.96. The fourth-order valence-electron chi connectivity index (χ4n) is 2.97. The van der Waals surface area contributed by atoms with Crippen molar-refractivity contribution in [3.8, 4) is 23.0 Å². The van der Waals surface area contributed by atoms with Crippen molar-refractivity contribution >= 4 is 17.8 Å². The average molecular weight is 459 g/mol. The molecular formula is C20H16F3N7O3. The first kappa shape index (κ1) is 21.9. The van der Waals surface area contributed by atoms with Gasteiger partial charge in [0.05, 0.1) is 5.56 Å². The summed E-state index contributed by atoms with van der Waals surface area (Å²) >= 11 is 0. The van der Waals surface area contributed by atoms with Gasteiger partial charge in [0, 0.05) is 24.4 Å². The van der Waals surface area contributed by atoms with Crippen molar-refractivity contribution < 1.29 is 27.5 Å². The van der Waals surface area contributed by atoms with Crippen molar-refractivity contribution in [2.24, 2.45) is 5.73 Å². The molecule has 33 heavy (non-hydrogen) atoms. The van der Waals surface area contributed by atoms with E-state index in [0.29, 0.717) is 30.5 Å². The Kier molecular flexibility index (Phi) is 5.77. The number of alkyl halides is 3. The minimum atomic E-state index is -4.49. The number of primary amides is 1. The molecular weight excluding hydrogens is 443 g/mol. The van der Waals surface area contributed by atoms with E-state index in [4.69, 9.17) is 10.5 Å². The summed E-state index contributed by atoms with van der Waals surface area (Å²) < 4.78 is 43.4. The smallest absolute Gasteiger partial charge is 0.417 e. The molecule has 0 radical (unpaired) electrons. The fraction of sp³-hybridized carbons (Fsp3) is 0.200. The summed E-state index contributed by atoms with van der Waals surface area (Å²) in [6, 6.07) is 7.63. The number of carbonyl (C=O) groups is 2. The molecule has 1 aliphatic rings. The zero-order valence-electron chi connectivity index (χ0n) is 16.8. The summed E-state index contributed by atoms with van der Waals surface area (Å²) in [4.78, 5) is 39.3. The van der Waals surface area contributed by atoms with Crippen molar-refractivity contribution in [2.75, 3.05) is 11.9 Å². The van der Waals surface area contributed by atoms with Crippen molar-refractivity contribution in [1.29, 1.82) is 0 Å². The predicted octanol–water partition coefficient (Wildman–Crippen LogP) is 2.14. The Balaban J connectivity index is 1.54. The van der Waals surface area contributed by atoms with E-state index >= 15 is 0 Å². The molecule has 0 unspecified atom stereocenters. The molecule has 0 bridgehead atoms. The third-order valence-electron chi connectivity index (χ3n) is 4.61. The molecule has 2 aromatic heterocycles. The molecule has 0 saturated carbocycles. The molecule has 3 heterocycles. The van der Waals surface area contributed by atoms with Gasteiger partial charge in [-0.1, -0.05) is 0 Å². The number of nitrogens with two attached hydrogens (primary N) is 1. The number of hydrogen-bond donors (Lipinski definition) is 3. The number of benzene rings is 1. The lowest BCUT2D eigenvalue weighted by Gasteiger charge is -2.12. The average Bonchev–Trinajstić information content (AvgIpc) is 3.18. The Morgan fingerprint density at radius 3 is 2.45 bits per heavy atom. The highest BCUT2D eigenvalue weighted by Crippen LogP contribution is 2.30. The summed E-state index contributed by atoms with van der Waals surface area (Å²) in [6.07, 6.45) is -3.29. The summed E-state index contributed by atoms with van der Waals surface area (Å²) in [5, 5.41) is 5.53. The molecule has 170 valence electrons. The number of hydrogen-bond acceptors (Lipinski definition) is 8. The first-order valence-electron chi connectivity index (χ1n) is 9.61. The van der Waals surface area contributed by atoms with Crippen LogP contribution < -0.4 is 21.1 Å². The Labute approximate surface area is 184 Å². The molecule has 0 spiro atoms. The molecule has 1 atom stereocenters. The Morgan fingerprint density at radius 1 is 1.12 bits per heavy atom. The van der Waals surface area contributed by atoms with E-state index in [0.717, 1.165) is 12.1 Å². The highest BCUT2D eigenvalue weighted by atomic mass is 19.4. The number of nitrogens with one attached hydrogen (secondary N) is 2. The highest BCUT2D eigenvalue weighted by molar-refractivity contribution is 5.90. The van der Waals surface area contributed by atoms with Crippen LogP contribution in [0, 0.1) is 0 Å². The maximum absolute atomic E-state index is 12.6. The Hall–Kier alpha value is -4.29. The zero-order valence-corrected chi connectivity index (χ0v) is 16.8. The van der Waals surface area contributed by atoms with Gasteiger partial charge < -0.3 is 21.1 Å². The third-order valence-corrected chi connectivity index (χ3v) is 4.61. The molecule has 2 amide bonds. The van der Waals surface area contributed by atoms with Crippen LogP contribution in [-0.2, 0) is 11.0 Å². The zero-order chi connectivity index (χ0) is 23.6. The normalized spacial score (nSPS) is 15.7. The van der Waals surface area contributed by atoms with Gasteiger partial charge in [0.1, 0.15) is 11.8 Å². The molecule has 10 nitrogen and oxygen atoms in total. The third kappa shape index (κ3) is 5.14. The van der Waals surface area contributed by atoms with Crippen LogP contribution in [0.5, 0.6) is 11.6 Å². The van der Waals surface area contributed by atoms with E-state index in [1.807, 2.05) is 0 Å². The summed E-state index contributed by atoms with van der Waals surface area (Å²) in [7, 11) is 0. The topological polar surface area (TPSA) is 145 Å². The molecule has 1 aromatic carbocycles. The first-order valence-corrected chi connectivity index (χ1v) is 9.61. The van der Waals surface area contributed by atoms with Crippen LogP contribution in [0.15, 0.2) is 42.6 Å². The number of anilines is 1. The first-order chi connectivity index (χ1) is 15.7. The van der Waals surface area contributed by atoms with E-state index in [-0.39, 0.29) is 29.4 Å². The van der Waals surface area contributed by atoms with Gasteiger partial charge in [0.2, 0.25) is 23.6 Å². The molecule has 1 aliphatic heterocycles. The van der Waals surface area contributed by atoms with Gasteiger partial charge in [-0.2, -0.15) is 23.1 Å². The summed E-state index contributed by atoms with van der Waals surface area (Å²) in [5.41, 5.74) is 4.91. The van der Waals surface area contributed by atoms with E-state index in [9.17, 15) is 22.8 Å². The molecule has 13 heteroatoms. The number of amides is 2. The van der Waals surface area contributed by atoms with Crippen LogP contribution >= 0.6 is 0 Å². The minimum absolute atomic E-state index is 0.0186. The van der Waals surface area contributed by atoms with Crippen LogP contribution in [-0.4, -0.2) is 44.3 Å². The van der Waals surface area contributed by atoms with Gasteiger partial charge in [-0.25, -0.2) is 9.97 Å². The van der Waals surface area contributed by atoms with Crippen LogP contribution in [0.1, 0.15) is 22.6 Å². The number of rotatable bonds is 6. The lowest BCUT2D eigenvalue weighted by molar-refractivity contribution is -0.137. The SMILES string of the molecule is NC(=O)c1nc(N[C@H]2CCNC2=O)nc(-c2ccc(Oc3ccc(C(F)(F)F)cn3)cc2)n1. The van der Waals surface area contributed by atoms with Gasteiger partial charge in [-0.05, 0) is 36.8 Å². The number of ether oxygens (including phenoxy) is 1. The lowest BCUT2D eigenvalue weighted by atomic mass is 10.2. The standard InChI is InChI=1S/C20H16F3N7O3/c21-20(22,23)11-3-6-14(26-9-11)33-12-4-1-10(2-5-12)16-28-17(15(24)31)30-19(29-16)27-13-7-8-25-18(13)32/h1-6,9,13H,7-8H2,(H2,24,31)(H,25,32)(H,27,28,29,30)/t13-/m0/s1. The highest BCUT2D eigenvalue weighted by Gasteiger charge is 2.30. The van der Waals surface area contributed by atoms with Gasteiger partial charge in [0.25, 0.3) is 5.91 Å². The molecule has 4 N–H and O–H groups in total. The Morgan fingerprint density at radius 2 is 1.88 bits per heavy atom. The van der Waals surface area contributed by atoms with Crippen LogP contribution in [0.25, 0.3) is 11.4 Å². The summed E-state index contributed by atoms with van der Waals surface area (Å²) in [5.74, 6) is -0.939. The van der Waals surface area contributed by atoms with Crippen LogP contribution in [0.2, 0.25) is 0 Å². The van der Waals surface area contributed by atoms with Crippen molar-refractivity contribution in [3.63, 3.8) is 0 Å². The van der Waals surface area contributed by atoms with E-state index in [1.54, 1.807) is 12.1 Å². The quantitative estimate of drug-likeness (QED) is 0.508. The fourth-order valence-corrected chi connectivity index (χ4v) is 2.97. The van der Waals surface area contributed by atoms with Gasteiger partial charge >= 0.3 is 6.18 Å². The number of nitrogens with zero attached hydrogens (tertiary/aromatic N) is 4. The molecule has 0 aliphatic carbocycles. The second kappa shape index (κ2) is 8.68. The van der Waals surface area contributed by atoms with Gasteiger partial charge in [-0.3, -0.25) is 9.59 Å². The summed E-state index contributed by atoms with van der Waals surface area (Å²) in [6.45, 7) is 0.506. The van der Waals surface area contributed by atoms with Gasteiger partial charge in [0.15, 0.2) is 5.82 Å². The maximum atomic E-state index is 12.6. The van der Waals surface area contributed by atoms with E-state index in [2.05, 4.69) is 30.6 Å². The van der Waals surface area contributed by atoms with Crippen molar-refractivity contribution in [1.82, 2.24) is 25.3 Å². The molecule has 4 rings (SSSR count). The molecule has 1 saturated heterocycles. The number of halogens is 3. The molecule has 3 aromatic rings. The van der Waals surface area contributed by atoms with E-state index < -0.39 is 23.7 Å². The van der Waals surface area contributed by atoms with Crippen molar-refractivity contribution in [2.45, 2.75) is 18.6 Å². The number of carbonyl (C=O) groups excluding carboxylic acids is 2. The minimum Gasteiger partial charge on any atom is -0.439 e. The lowest BCUT2D eigenvalue weighted by Crippen LogP contribution is -2.31. The predicted molar refractivity (Wildman–Crippen MR) is 108 cm³/mol. The van der Waals surface area contributed by atoms with Crippen LogP contribution in [0.3, 0.4) is 0 Å². The largest absolute Gasteiger partial charge is 0.439 e. The van der Waals surface area contributed by atoms with Crippen LogP contribution in [0.4, 0.5) is 19.1 Å². The maximum Gasteiger partial charge on any atom is 0.417 e. The van der Waals surface area contributed by atoms with E-state index in [1.165, 1.54) is 12.1 Å². The number of pyridine rings is 1. The Bertz CT molecular complexity index is 1190. The monoisotopic (exact) mass is 459 g/mol. The van der Waals surface area contributed by atoms with Crippen molar-refractivity contribution in [3.05, 3.63) is 54.0 Å². The van der Waals surface area contributed by atoms with Gasteiger partial charge in [-0.15, -0.1) is 0 Å².